The lowest BCUT2D eigenvalue weighted by molar-refractivity contribution is -0.126. The molecule has 236 valence electrons. The molecule has 4 heterocycles. The maximum absolute atomic E-state index is 15.4. The molecule has 2 aromatic carbocycles. The van der Waals surface area contributed by atoms with Crippen molar-refractivity contribution in [2.24, 2.45) is 0 Å². The Labute approximate surface area is 264 Å². The van der Waals surface area contributed by atoms with Crippen molar-refractivity contribution in [1.82, 2.24) is 29.6 Å². The van der Waals surface area contributed by atoms with Gasteiger partial charge in [-0.25, -0.2) is 19.0 Å². The van der Waals surface area contributed by atoms with Crippen LogP contribution >= 0.6 is 0 Å². The SMILES string of the molecule is C=CC(=O)N1CCC(Nc2cc3c(Nc4ccc(Oc5ccn(-c6cnc(C)c(OC)c6)n5)cc4F)ncnc3cc2OC)CC1. The molecule has 12 nitrogen and oxygen atoms in total. The van der Waals surface area contributed by atoms with Crippen LogP contribution in [0, 0.1) is 12.7 Å². The van der Waals surface area contributed by atoms with E-state index in [1.165, 1.54) is 18.5 Å². The van der Waals surface area contributed by atoms with Crippen molar-refractivity contribution < 1.29 is 23.4 Å². The Bertz CT molecular complexity index is 1900. The summed E-state index contributed by atoms with van der Waals surface area (Å²) in [6.07, 6.45) is 7.70. The van der Waals surface area contributed by atoms with Crippen LogP contribution in [0.1, 0.15) is 18.5 Å². The maximum atomic E-state index is 15.4. The first kappa shape index (κ1) is 30.3. The van der Waals surface area contributed by atoms with Gasteiger partial charge in [0.1, 0.15) is 35.2 Å². The van der Waals surface area contributed by atoms with Gasteiger partial charge in [0.15, 0.2) is 0 Å². The van der Waals surface area contributed by atoms with Crippen molar-refractivity contribution >= 4 is 34.0 Å². The second-order valence-corrected chi connectivity index (χ2v) is 10.7. The molecule has 1 aliphatic heterocycles. The fourth-order valence-corrected chi connectivity index (χ4v) is 5.31. The number of carbonyl (C=O) groups excluding carboxylic acids is 1. The first-order chi connectivity index (χ1) is 22.3. The molecule has 1 saturated heterocycles. The van der Waals surface area contributed by atoms with Gasteiger partial charge in [-0.15, -0.1) is 5.10 Å². The molecule has 0 bridgehead atoms. The van der Waals surface area contributed by atoms with Crippen molar-refractivity contribution in [1.29, 1.82) is 0 Å². The summed E-state index contributed by atoms with van der Waals surface area (Å²) in [4.78, 5) is 26.9. The predicted octanol–water partition coefficient (Wildman–Crippen LogP) is 5.80. The first-order valence-corrected chi connectivity index (χ1v) is 14.7. The minimum Gasteiger partial charge on any atom is -0.495 e. The van der Waals surface area contributed by atoms with Crippen molar-refractivity contribution in [3.05, 3.63) is 85.4 Å². The van der Waals surface area contributed by atoms with Gasteiger partial charge >= 0.3 is 0 Å². The number of nitrogens with zero attached hydrogens (tertiary/aromatic N) is 6. The Morgan fingerprint density at radius 3 is 2.57 bits per heavy atom. The first-order valence-electron chi connectivity index (χ1n) is 14.7. The highest BCUT2D eigenvalue weighted by molar-refractivity contribution is 5.95. The van der Waals surface area contributed by atoms with Gasteiger partial charge in [-0.1, -0.05) is 6.58 Å². The van der Waals surface area contributed by atoms with Crippen LogP contribution in [0.15, 0.2) is 73.8 Å². The lowest BCUT2D eigenvalue weighted by Crippen LogP contribution is -2.41. The zero-order valence-electron chi connectivity index (χ0n) is 25.7. The number of hydrogen-bond acceptors (Lipinski definition) is 10. The second-order valence-electron chi connectivity index (χ2n) is 10.7. The molecule has 5 aromatic rings. The van der Waals surface area contributed by atoms with Crippen molar-refractivity contribution in [3.8, 4) is 28.8 Å². The second kappa shape index (κ2) is 13.1. The molecule has 13 heteroatoms. The topological polar surface area (TPSA) is 129 Å². The van der Waals surface area contributed by atoms with E-state index in [2.05, 4.69) is 37.3 Å². The van der Waals surface area contributed by atoms with E-state index in [9.17, 15) is 4.79 Å². The number of likely N-dealkylation sites (tertiary alicyclic amines) is 1. The maximum Gasteiger partial charge on any atom is 0.245 e. The summed E-state index contributed by atoms with van der Waals surface area (Å²) in [5.74, 6) is 1.65. The van der Waals surface area contributed by atoms with E-state index in [1.807, 2.05) is 25.1 Å². The molecule has 3 aromatic heterocycles. The number of carbonyl (C=O) groups is 1. The van der Waals surface area contributed by atoms with Crippen molar-refractivity contribution in [2.75, 3.05) is 37.9 Å². The van der Waals surface area contributed by atoms with Crippen molar-refractivity contribution in [2.45, 2.75) is 25.8 Å². The van der Waals surface area contributed by atoms with Gasteiger partial charge in [-0.3, -0.25) is 9.78 Å². The summed E-state index contributed by atoms with van der Waals surface area (Å²) in [6.45, 7) is 6.70. The molecule has 2 N–H and O–H groups in total. The van der Waals surface area contributed by atoms with Gasteiger partial charge in [-0.2, -0.15) is 0 Å². The zero-order valence-corrected chi connectivity index (χ0v) is 25.7. The number of benzene rings is 2. The molecular formula is C33H33FN8O4. The van der Waals surface area contributed by atoms with Crippen LogP contribution in [0.3, 0.4) is 0 Å². The normalized spacial score (nSPS) is 13.3. The van der Waals surface area contributed by atoms with Crippen LogP contribution in [0.5, 0.6) is 23.1 Å². The minimum absolute atomic E-state index is 0.0607. The molecule has 0 aliphatic carbocycles. The van der Waals surface area contributed by atoms with Gasteiger partial charge in [0.2, 0.25) is 11.8 Å². The zero-order chi connectivity index (χ0) is 32.2. The summed E-state index contributed by atoms with van der Waals surface area (Å²) < 4.78 is 33.8. The molecule has 0 saturated carbocycles. The number of amides is 1. The lowest BCUT2D eigenvalue weighted by Gasteiger charge is -2.32. The molecular weight excluding hydrogens is 591 g/mol. The summed E-state index contributed by atoms with van der Waals surface area (Å²) in [5, 5.41) is 11.7. The van der Waals surface area contributed by atoms with Crippen LogP contribution < -0.4 is 24.8 Å². The highest BCUT2D eigenvalue weighted by Gasteiger charge is 2.23. The Balaban J connectivity index is 1.18. The van der Waals surface area contributed by atoms with E-state index in [0.717, 1.165) is 24.2 Å². The number of fused-ring (bicyclic) bond motifs is 1. The third-order valence-electron chi connectivity index (χ3n) is 7.79. The number of ether oxygens (including phenoxy) is 3. The Morgan fingerprint density at radius 2 is 1.83 bits per heavy atom. The van der Waals surface area contributed by atoms with Gasteiger partial charge in [0.05, 0.1) is 48.7 Å². The molecule has 1 amide bonds. The fraction of sp³-hybridized carbons (Fsp3) is 0.242. The number of piperidine rings is 1. The van der Waals surface area contributed by atoms with Gasteiger partial charge in [0.25, 0.3) is 0 Å². The third kappa shape index (κ3) is 6.39. The molecule has 1 aliphatic rings. The number of nitrogens with one attached hydrogen (secondary N) is 2. The monoisotopic (exact) mass is 624 g/mol. The van der Waals surface area contributed by atoms with Crippen LogP contribution in [0.25, 0.3) is 16.6 Å². The van der Waals surface area contributed by atoms with Crippen LogP contribution in [0.4, 0.5) is 21.6 Å². The van der Waals surface area contributed by atoms with E-state index in [4.69, 9.17) is 14.2 Å². The molecule has 46 heavy (non-hydrogen) atoms. The quantitative estimate of drug-likeness (QED) is 0.184. The molecule has 0 radical (unpaired) electrons. The average Bonchev–Trinajstić information content (AvgIpc) is 3.54. The van der Waals surface area contributed by atoms with E-state index < -0.39 is 5.82 Å². The summed E-state index contributed by atoms with van der Waals surface area (Å²) in [5.41, 5.74) is 3.05. The molecule has 6 rings (SSSR count). The molecule has 0 atom stereocenters. The Kier molecular flexibility index (Phi) is 8.63. The molecule has 0 unspecified atom stereocenters. The molecule has 1 fully saturated rings. The van der Waals surface area contributed by atoms with Crippen molar-refractivity contribution in [3.63, 3.8) is 0 Å². The third-order valence-corrected chi connectivity index (χ3v) is 7.79. The van der Waals surface area contributed by atoms with E-state index in [0.29, 0.717) is 47.0 Å². The number of aromatic nitrogens is 5. The van der Waals surface area contributed by atoms with E-state index in [-0.39, 0.29) is 29.3 Å². The summed E-state index contributed by atoms with van der Waals surface area (Å²) in [7, 11) is 3.18. The predicted molar refractivity (Wildman–Crippen MR) is 172 cm³/mol. The lowest BCUT2D eigenvalue weighted by atomic mass is 10.0. The number of rotatable bonds is 10. The minimum atomic E-state index is -0.538. The number of hydrogen-bond donors (Lipinski definition) is 2. The van der Waals surface area contributed by atoms with Crippen LogP contribution in [-0.2, 0) is 4.79 Å². The number of methoxy groups -OCH3 is 2. The van der Waals surface area contributed by atoms with E-state index in [1.54, 1.807) is 54.4 Å². The van der Waals surface area contributed by atoms with Gasteiger partial charge in [-0.05, 0) is 44.0 Å². The number of aryl methyl sites for hydroxylation is 1. The standard InChI is InChI=1S/C33H33FN8O4/c1-5-32(43)41-11-8-21(9-12-41)38-28-16-24-27(17-30(28)45-4)36-19-37-33(24)39-26-7-6-23(15-25(26)34)46-31-10-13-42(40-31)22-14-29(44-3)20(2)35-18-22/h5-7,10,13-19,21,38H,1,8-9,11-12H2,2-4H3,(H,36,37,39). The van der Waals surface area contributed by atoms with Gasteiger partial charge < -0.3 is 29.7 Å². The number of pyridine rings is 1. The average molecular weight is 625 g/mol. The van der Waals surface area contributed by atoms with Crippen LogP contribution in [0.2, 0.25) is 0 Å². The fourth-order valence-electron chi connectivity index (χ4n) is 5.31. The smallest absolute Gasteiger partial charge is 0.245 e. The number of anilines is 3. The largest absolute Gasteiger partial charge is 0.495 e. The Hall–Kier alpha value is -5.72. The number of halogens is 1. The Morgan fingerprint density at radius 1 is 1.02 bits per heavy atom. The summed E-state index contributed by atoms with van der Waals surface area (Å²) >= 11 is 0. The highest BCUT2D eigenvalue weighted by atomic mass is 19.1. The van der Waals surface area contributed by atoms with E-state index >= 15 is 4.39 Å². The summed E-state index contributed by atoms with van der Waals surface area (Å²) in [6, 6.07) is 11.8. The van der Waals surface area contributed by atoms with Gasteiger partial charge in [0, 0.05) is 55.0 Å². The highest BCUT2D eigenvalue weighted by Crippen LogP contribution is 2.35. The van der Waals surface area contributed by atoms with Crippen LogP contribution in [-0.4, -0.2) is 68.9 Å². The molecule has 0 spiro atoms.